The van der Waals surface area contributed by atoms with E-state index in [9.17, 15) is 8.78 Å². The molecule has 0 radical (unpaired) electrons. The molecular formula is C52H27F7. The topological polar surface area (TPSA) is 0 Å². The molecule has 0 amide bonds. The largest absolute Gasteiger partial charge is 0.203 e. The van der Waals surface area contributed by atoms with Gasteiger partial charge in [0, 0.05) is 16.5 Å². The molecule has 0 unspecified atom stereocenters. The number of rotatable bonds is 5. The molecule has 284 valence electrons. The monoisotopic (exact) mass is 784 g/mol. The van der Waals surface area contributed by atoms with Gasteiger partial charge in [0.15, 0.2) is 40.7 Å². The van der Waals surface area contributed by atoms with E-state index in [1.165, 1.54) is 0 Å². The molecule has 0 heterocycles. The normalized spacial score (nSPS) is 11.6. The summed E-state index contributed by atoms with van der Waals surface area (Å²) in [7, 11) is 0. The van der Waals surface area contributed by atoms with E-state index in [1.54, 1.807) is 48.5 Å². The molecule has 10 rings (SSSR count). The van der Waals surface area contributed by atoms with E-state index in [1.807, 2.05) is 72.8 Å². The van der Waals surface area contributed by atoms with Gasteiger partial charge in [-0.05, 0) is 95.0 Å². The van der Waals surface area contributed by atoms with Gasteiger partial charge in [0.05, 0.1) is 5.39 Å². The molecule has 0 aliphatic heterocycles. The fraction of sp³-hybridized carbons (Fsp3) is 0. The van der Waals surface area contributed by atoms with Gasteiger partial charge in [-0.3, -0.25) is 0 Å². The SMILES string of the molecule is Fc1c(F)c(F)c2c(-c3c4ccccc4c(-c4ccc(-c5cc(-c6ccccc6)cc(-c6ccccc6)c5)c5ccccc45)c4ccccc34)c(F)c(F)c(F)c2c1F. The van der Waals surface area contributed by atoms with E-state index < -0.39 is 57.1 Å². The van der Waals surface area contributed by atoms with Gasteiger partial charge >= 0.3 is 0 Å². The van der Waals surface area contributed by atoms with Gasteiger partial charge in [-0.1, -0.05) is 146 Å². The summed E-state index contributed by atoms with van der Waals surface area (Å²) in [5.41, 5.74) is 6.56. The Morgan fingerprint density at radius 2 is 0.576 bits per heavy atom. The maximum atomic E-state index is 16.3. The number of fused-ring (bicyclic) bond motifs is 4. The maximum absolute atomic E-state index is 16.3. The summed E-state index contributed by atoms with van der Waals surface area (Å²) in [6, 6.07) is 52.2. The Hall–Kier alpha value is -7.25. The number of hydrogen-bond donors (Lipinski definition) is 0. The highest BCUT2D eigenvalue weighted by atomic mass is 19.2. The molecule has 10 aromatic rings. The van der Waals surface area contributed by atoms with Crippen LogP contribution in [0.3, 0.4) is 0 Å². The van der Waals surface area contributed by atoms with Gasteiger partial charge in [0.25, 0.3) is 0 Å². The molecule has 0 aliphatic rings. The zero-order valence-electron chi connectivity index (χ0n) is 30.7. The van der Waals surface area contributed by atoms with Crippen molar-refractivity contribution in [1.82, 2.24) is 0 Å². The second-order valence-electron chi connectivity index (χ2n) is 14.4. The van der Waals surface area contributed by atoms with Crippen molar-refractivity contribution in [3.63, 3.8) is 0 Å². The van der Waals surface area contributed by atoms with Crippen LogP contribution in [0.5, 0.6) is 0 Å². The van der Waals surface area contributed by atoms with Gasteiger partial charge < -0.3 is 0 Å². The summed E-state index contributed by atoms with van der Waals surface area (Å²) in [5.74, 6) is -15.0. The number of benzene rings is 10. The van der Waals surface area contributed by atoms with Crippen molar-refractivity contribution in [1.29, 1.82) is 0 Å². The Morgan fingerprint density at radius 3 is 1.07 bits per heavy atom. The zero-order valence-corrected chi connectivity index (χ0v) is 30.7. The average Bonchev–Trinajstić information content (AvgIpc) is 3.29. The van der Waals surface area contributed by atoms with Crippen LogP contribution < -0.4 is 0 Å². The lowest BCUT2D eigenvalue weighted by Crippen LogP contribution is -2.06. The lowest BCUT2D eigenvalue weighted by atomic mass is 9.82. The Labute approximate surface area is 333 Å². The van der Waals surface area contributed by atoms with Crippen LogP contribution in [0.4, 0.5) is 30.7 Å². The van der Waals surface area contributed by atoms with Gasteiger partial charge in [-0.25, -0.2) is 30.7 Å². The van der Waals surface area contributed by atoms with Crippen LogP contribution in [0.2, 0.25) is 0 Å². The summed E-state index contributed by atoms with van der Waals surface area (Å²) in [4.78, 5) is 0. The number of halogens is 7. The van der Waals surface area contributed by atoms with E-state index >= 15 is 22.0 Å². The predicted octanol–water partition coefficient (Wildman–Crippen LogP) is 15.6. The van der Waals surface area contributed by atoms with Crippen LogP contribution in [-0.4, -0.2) is 0 Å². The standard InChI is InChI=1S/C52H27F7/c53-46-43(44-45(48(55)50(46)57)49(56)52(59)51(58)47(44)54)42-38-21-11-9-19-36(38)41(37-20-10-12-22-39(37)42)40-24-23-33(34-17-7-8-18-35(34)40)32-26-30(28-13-3-1-4-14-28)25-31(27-32)29-15-5-2-6-16-29/h1-27H. The summed E-state index contributed by atoms with van der Waals surface area (Å²) in [5, 5.41) is 0.564. The van der Waals surface area contributed by atoms with Crippen LogP contribution in [0.1, 0.15) is 0 Å². The third-order valence-corrected chi connectivity index (χ3v) is 11.2. The zero-order chi connectivity index (χ0) is 40.5. The molecule has 0 fully saturated rings. The van der Waals surface area contributed by atoms with Crippen LogP contribution in [-0.2, 0) is 0 Å². The molecule has 0 aliphatic carbocycles. The predicted molar refractivity (Wildman–Crippen MR) is 223 cm³/mol. The second-order valence-corrected chi connectivity index (χ2v) is 14.4. The molecule has 0 atom stereocenters. The fourth-order valence-corrected chi connectivity index (χ4v) is 8.57. The average molecular weight is 785 g/mol. The van der Waals surface area contributed by atoms with Crippen LogP contribution in [0, 0.1) is 40.7 Å². The maximum Gasteiger partial charge on any atom is 0.198 e. The van der Waals surface area contributed by atoms with Crippen molar-refractivity contribution in [2.75, 3.05) is 0 Å². The third-order valence-electron chi connectivity index (χ3n) is 11.2. The molecule has 0 saturated carbocycles. The van der Waals surface area contributed by atoms with E-state index in [0.29, 0.717) is 16.3 Å². The third kappa shape index (κ3) is 5.60. The first-order valence-electron chi connectivity index (χ1n) is 18.8. The Bertz CT molecular complexity index is 3220. The summed E-state index contributed by atoms with van der Waals surface area (Å²) in [6.45, 7) is 0. The first-order chi connectivity index (χ1) is 28.7. The first-order valence-corrected chi connectivity index (χ1v) is 18.8. The Morgan fingerprint density at radius 1 is 0.220 bits per heavy atom. The van der Waals surface area contributed by atoms with Gasteiger partial charge in [0.2, 0.25) is 0 Å². The van der Waals surface area contributed by atoms with Crippen LogP contribution >= 0.6 is 0 Å². The van der Waals surface area contributed by atoms with Gasteiger partial charge in [0.1, 0.15) is 0 Å². The molecule has 0 bridgehead atoms. The minimum atomic E-state index is -2.34. The molecule has 7 heteroatoms. The van der Waals surface area contributed by atoms with E-state index in [2.05, 4.69) is 42.5 Å². The number of hydrogen-bond acceptors (Lipinski definition) is 0. The summed E-state index contributed by atoms with van der Waals surface area (Å²) in [6.07, 6.45) is 0. The van der Waals surface area contributed by atoms with Crippen molar-refractivity contribution in [3.05, 3.63) is 205 Å². The van der Waals surface area contributed by atoms with Crippen LogP contribution in [0.25, 0.3) is 98.7 Å². The highest BCUT2D eigenvalue weighted by Gasteiger charge is 2.33. The van der Waals surface area contributed by atoms with Gasteiger partial charge in [-0.15, -0.1) is 0 Å². The lowest BCUT2D eigenvalue weighted by molar-refractivity contribution is 0.411. The van der Waals surface area contributed by atoms with Crippen LogP contribution in [0.15, 0.2) is 164 Å². The molecule has 0 saturated heterocycles. The fourth-order valence-electron chi connectivity index (χ4n) is 8.57. The van der Waals surface area contributed by atoms with E-state index in [-0.39, 0.29) is 16.3 Å². The quantitative estimate of drug-likeness (QED) is 0.0706. The van der Waals surface area contributed by atoms with E-state index in [0.717, 1.165) is 49.7 Å². The van der Waals surface area contributed by atoms with Crippen molar-refractivity contribution >= 4 is 43.1 Å². The Kier molecular flexibility index (Phi) is 8.56. The van der Waals surface area contributed by atoms with Crippen molar-refractivity contribution in [3.8, 4) is 55.6 Å². The van der Waals surface area contributed by atoms with Crippen molar-refractivity contribution < 1.29 is 30.7 Å². The molecular weight excluding hydrogens is 758 g/mol. The second kappa shape index (κ2) is 14.0. The van der Waals surface area contributed by atoms with Crippen molar-refractivity contribution in [2.24, 2.45) is 0 Å². The molecule has 0 spiro atoms. The van der Waals surface area contributed by atoms with E-state index in [4.69, 9.17) is 0 Å². The minimum absolute atomic E-state index is 0.141. The minimum Gasteiger partial charge on any atom is -0.203 e. The smallest absolute Gasteiger partial charge is 0.198 e. The highest BCUT2D eigenvalue weighted by molar-refractivity contribution is 6.26. The molecule has 10 aromatic carbocycles. The van der Waals surface area contributed by atoms with Crippen molar-refractivity contribution in [2.45, 2.75) is 0 Å². The summed E-state index contributed by atoms with van der Waals surface area (Å²) >= 11 is 0. The highest BCUT2D eigenvalue weighted by Crippen LogP contribution is 2.50. The Balaban J connectivity index is 1.28. The molecule has 0 N–H and O–H groups in total. The summed E-state index contributed by atoms with van der Waals surface area (Å²) < 4.78 is 107. The van der Waals surface area contributed by atoms with Gasteiger partial charge in [-0.2, -0.15) is 0 Å². The molecule has 59 heavy (non-hydrogen) atoms. The molecule has 0 nitrogen and oxygen atoms in total. The first kappa shape index (κ1) is 36.1. The molecule has 0 aromatic heterocycles. The lowest BCUT2D eigenvalue weighted by Gasteiger charge is -2.21.